The molecule has 0 saturated carbocycles. The van der Waals surface area contributed by atoms with Crippen LogP contribution < -0.4 is 10.1 Å². The van der Waals surface area contributed by atoms with Crippen molar-refractivity contribution in [3.63, 3.8) is 0 Å². The highest BCUT2D eigenvalue weighted by Crippen LogP contribution is 2.26. The molecule has 1 heterocycles. The summed E-state index contributed by atoms with van der Waals surface area (Å²) in [6, 6.07) is 12.3. The van der Waals surface area contributed by atoms with Crippen molar-refractivity contribution in [2.24, 2.45) is 5.92 Å². The van der Waals surface area contributed by atoms with Crippen molar-refractivity contribution in [2.45, 2.75) is 12.8 Å². The van der Waals surface area contributed by atoms with Gasteiger partial charge < -0.3 is 15.0 Å². The summed E-state index contributed by atoms with van der Waals surface area (Å²) in [7, 11) is 1.50. The van der Waals surface area contributed by atoms with Crippen LogP contribution in [0.5, 0.6) is 5.75 Å². The number of nitrogens with zero attached hydrogens (tertiary/aromatic N) is 2. The molecular weight excluding hydrogens is 433 g/mol. The molecule has 1 saturated heterocycles. The van der Waals surface area contributed by atoms with Crippen LogP contribution in [0.3, 0.4) is 0 Å². The first kappa shape index (κ1) is 23.3. The minimum Gasteiger partial charge on any atom is -0.496 e. The van der Waals surface area contributed by atoms with Gasteiger partial charge >= 0.3 is 0 Å². The highest BCUT2D eigenvalue weighted by molar-refractivity contribution is 6.31. The van der Waals surface area contributed by atoms with Gasteiger partial charge in [-0.1, -0.05) is 23.7 Å². The fraction of sp³-hybridized carbons (Fsp3) is 0.292. The predicted molar refractivity (Wildman–Crippen MR) is 120 cm³/mol. The first-order chi connectivity index (χ1) is 15.4. The fourth-order valence-corrected chi connectivity index (χ4v) is 3.81. The number of amides is 2. The predicted octanol–water partition coefficient (Wildman–Crippen LogP) is 4.06. The monoisotopic (exact) mass is 455 g/mol. The number of nitriles is 1. The third-order valence-corrected chi connectivity index (χ3v) is 5.53. The molecule has 1 unspecified atom stereocenters. The lowest BCUT2D eigenvalue weighted by molar-refractivity contribution is -0.117. The van der Waals surface area contributed by atoms with E-state index in [1.165, 1.54) is 37.5 Å². The molecule has 0 radical (unpaired) electrons. The van der Waals surface area contributed by atoms with Crippen LogP contribution in [0.1, 0.15) is 28.8 Å². The lowest BCUT2D eigenvalue weighted by Crippen LogP contribution is -2.44. The Morgan fingerprint density at radius 1 is 1.31 bits per heavy atom. The van der Waals surface area contributed by atoms with E-state index in [1.807, 2.05) is 6.07 Å². The van der Waals surface area contributed by atoms with Crippen molar-refractivity contribution >= 4 is 29.5 Å². The summed E-state index contributed by atoms with van der Waals surface area (Å²) in [5.74, 6) is -0.560. The standard InChI is InChI=1S/C24H23ClFN3O3/c1-32-22-9-6-19(25)12-21(22)24(31)29-10-2-3-17(15-29)14-28-23(30)18(13-27)11-16-4-7-20(26)8-5-16/h4-9,11-12,17H,2-3,10,14-15H2,1H3,(H,28,30)/b18-11+. The number of likely N-dealkylation sites (tertiary alicyclic amines) is 1. The van der Waals surface area contributed by atoms with Gasteiger partial charge in [0.05, 0.1) is 12.7 Å². The number of carbonyl (C=O) groups is 2. The fourth-order valence-electron chi connectivity index (χ4n) is 3.64. The van der Waals surface area contributed by atoms with Gasteiger partial charge in [0.15, 0.2) is 0 Å². The summed E-state index contributed by atoms with van der Waals surface area (Å²) in [6.07, 6.45) is 3.06. The van der Waals surface area contributed by atoms with Gasteiger partial charge in [0.2, 0.25) is 0 Å². The largest absolute Gasteiger partial charge is 0.496 e. The molecule has 1 aliphatic rings. The van der Waals surface area contributed by atoms with Crippen molar-refractivity contribution in [1.82, 2.24) is 10.2 Å². The van der Waals surface area contributed by atoms with E-state index in [1.54, 1.807) is 23.1 Å². The van der Waals surface area contributed by atoms with Gasteiger partial charge in [0.25, 0.3) is 11.8 Å². The molecule has 32 heavy (non-hydrogen) atoms. The molecule has 1 aliphatic heterocycles. The van der Waals surface area contributed by atoms with Crippen LogP contribution in [0.2, 0.25) is 5.02 Å². The number of ether oxygens (including phenoxy) is 1. The van der Waals surface area contributed by atoms with E-state index in [0.717, 1.165) is 12.8 Å². The molecule has 6 nitrogen and oxygen atoms in total. The number of nitrogens with one attached hydrogen (secondary N) is 1. The Bertz CT molecular complexity index is 1060. The summed E-state index contributed by atoms with van der Waals surface area (Å²) in [5.41, 5.74) is 0.894. The zero-order chi connectivity index (χ0) is 23.1. The van der Waals surface area contributed by atoms with Crippen molar-refractivity contribution < 1.29 is 18.7 Å². The Morgan fingerprint density at radius 3 is 2.75 bits per heavy atom. The molecule has 3 rings (SSSR count). The first-order valence-corrected chi connectivity index (χ1v) is 10.6. The summed E-state index contributed by atoms with van der Waals surface area (Å²) < 4.78 is 18.3. The summed E-state index contributed by atoms with van der Waals surface area (Å²) in [4.78, 5) is 27.2. The third-order valence-electron chi connectivity index (χ3n) is 5.30. The van der Waals surface area contributed by atoms with E-state index in [-0.39, 0.29) is 17.4 Å². The first-order valence-electron chi connectivity index (χ1n) is 10.2. The van der Waals surface area contributed by atoms with Gasteiger partial charge in [-0.05, 0) is 60.7 Å². The molecule has 1 N–H and O–H groups in total. The number of piperidine rings is 1. The second-order valence-electron chi connectivity index (χ2n) is 7.54. The Kier molecular flexibility index (Phi) is 7.85. The van der Waals surface area contributed by atoms with Crippen LogP contribution in [0.4, 0.5) is 4.39 Å². The van der Waals surface area contributed by atoms with E-state index in [9.17, 15) is 19.2 Å². The zero-order valence-electron chi connectivity index (χ0n) is 17.6. The van der Waals surface area contributed by atoms with E-state index >= 15 is 0 Å². The molecular formula is C24H23ClFN3O3. The molecule has 0 aliphatic carbocycles. The molecule has 166 valence electrons. The average molecular weight is 456 g/mol. The van der Waals surface area contributed by atoms with Crippen LogP contribution in [0.15, 0.2) is 48.0 Å². The minimum atomic E-state index is -0.503. The highest BCUT2D eigenvalue weighted by atomic mass is 35.5. The highest BCUT2D eigenvalue weighted by Gasteiger charge is 2.27. The molecule has 1 fully saturated rings. The maximum atomic E-state index is 13.0. The summed E-state index contributed by atoms with van der Waals surface area (Å²) in [5, 5.41) is 12.6. The SMILES string of the molecule is COc1ccc(Cl)cc1C(=O)N1CCCC(CNC(=O)/C(C#N)=C/c2ccc(F)cc2)C1. The van der Waals surface area contributed by atoms with Gasteiger partial charge in [-0.25, -0.2) is 4.39 Å². The number of rotatable bonds is 6. The Hall–Kier alpha value is -3.37. The maximum Gasteiger partial charge on any atom is 0.261 e. The van der Waals surface area contributed by atoms with Crippen molar-refractivity contribution in [3.05, 3.63) is 70.0 Å². The van der Waals surface area contributed by atoms with Gasteiger partial charge in [-0.15, -0.1) is 0 Å². The van der Waals surface area contributed by atoms with Crippen LogP contribution >= 0.6 is 11.6 Å². The molecule has 2 aromatic carbocycles. The molecule has 8 heteroatoms. The molecule has 0 spiro atoms. The van der Waals surface area contributed by atoms with Gasteiger partial charge in [-0.3, -0.25) is 9.59 Å². The van der Waals surface area contributed by atoms with Gasteiger partial charge in [-0.2, -0.15) is 5.26 Å². The average Bonchev–Trinajstić information content (AvgIpc) is 2.81. The third kappa shape index (κ3) is 5.86. The number of hydrogen-bond donors (Lipinski definition) is 1. The Labute approximate surface area is 191 Å². The van der Waals surface area contributed by atoms with Crippen LogP contribution in [-0.4, -0.2) is 43.5 Å². The molecule has 0 bridgehead atoms. The smallest absolute Gasteiger partial charge is 0.261 e. The zero-order valence-corrected chi connectivity index (χ0v) is 18.4. The van der Waals surface area contributed by atoms with Gasteiger partial charge in [0.1, 0.15) is 23.2 Å². The number of benzene rings is 2. The van der Waals surface area contributed by atoms with E-state index in [2.05, 4.69) is 5.32 Å². The topological polar surface area (TPSA) is 82.4 Å². The number of methoxy groups -OCH3 is 1. The number of halogens is 2. The molecule has 2 amide bonds. The minimum absolute atomic E-state index is 0.0487. The second kappa shape index (κ2) is 10.8. The molecule has 0 aromatic heterocycles. The second-order valence-corrected chi connectivity index (χ2v) is 7.97. The Balaban J connectivity index is 1.62. The normalized spacial score (nSPS) is 16.2. The quantitative estimate of drug-likeness (QED) is 0.526. The van der Waals surface area contributed by atoms with Crippen molar-refractivity contribution in [3.8, 4) is 11.8 Å². The van der Waals surface area contributed by atoms with E-state index < -0.39 is 11.7 Å². The molecule has 2 aromatic rings. The Morgan fingerprint density at radius 2 is 2.06 bits per heavy atom. The van der Waals surface area contributed by atoms with Gasteiger partial charge in [0, 0.05) is 24.7 Å². The molecule has 1 atom stereocenters. The summed E-state index contributed by atoms with van der Waals surface area (Å²) in [6.45, 7) is 1.41. The maximum absolute atomic E-state index is 13.0. The van der Waals surface area contributed by atoms with E-state index in [4.69, 9.17) is 16.3 Å². The van der Waals surface area contributed by atoms with Crippen LogP contribution in [-0.2, 0) is 4.79 Å². The van der Waals surface area contributed by atoms with Crippen LogP contribution in [0, 0.1) is 23.1 Å². The lowest BCUT2D eigenvalue weighted by atomic mass is 9.97. The number of hydrogen-bond acceptors (Lipinski definition) is 4. The summed E-state index contributed by atoms with van der Waals surface area (Å²) >= 11 is 6.06. The van der Waals surface area contributed by atoms with Crippen LogP contribution in [0.25, 0.3) is 6.08 Å². The lowest BCUT2D eigenvalue weighted by Gasteiger charge is -2.33. The van der Waals surface area contributed by atoms with Crippen molar-refractivity contribution in [1.29, 1.82) is 5.26 Å². The number of carbonyl (C=O) groups excluding carboxylic acids is 2. The van der Waals surface area contributed by atoms with Crippen molar-refractivity contribution in [2.75, 3.05) is 26.7 Å². The van der Waals surface area contributed by atoms with E-state index in [0.29, 0.717) is 41.5 Å².